The largest absolute Gasteiger partial charge is 0.348 e. The van der Waals surface area contributed by atoms with Crippen molar-refractivity contribution in [3.8, 4) is 0 Å². The number of rotatable bonds is 10. The predicted molar refractivity (Wildman–Crippen MR) is 176 cm³/mol. The number of benzene rings is 3. The van der Waals surface area contributed by atoms with Crippen molar-refractivity contribution in [1.29, 1.82) is 0 Å². The van der Waals surface area contributed by atoms with Gasteiger partial charge in [0, 0.05) is 38.9 Å². The number of nitrogens with one attached hydrogen (secondary N) is 1. The fourth-order valence-electron chi connectivity index (χ4n) is 7.37. The normalized spacial score (nSPS) is 22.5. The first-order valence-corrected chi connectivity index (χ1v) is 16.9. The lowest BCUT2D eigenvalue weighted by atomic mass is 9.68. The van der Waals surface area contributed by atoms with Gasteiger partial charge < -0.3 is 9.88 Å². The topological polar surface area (TPSA) is 51.1 Å². The summed E-state index contributed by atoms with van der Waals surface area (Å²) in [5.74, 6) is 1.42. The molecule has 2 aliphatic carbocycles. The molecule has 0 aliphatic heterocycles. The van der Waals surface area contributed by atoms with Gasteiger partial charge in [-0.15, -0.1) is 11.8 Å². The third-order valence-electron chi connectivity index (χ3n) is 9.63. The Labute approximate surface area is 257 Å². The fraction of sp³-hybridized carbons (Fsp3) is 0.389. The Morgan fingerprint density at radius 1 is 0.929 bits per heavy atom. The number of aryl methyl sites for hydroxylation is 1. The fourth-order valence-corrected chi connectivity index (χ4v) is 9.17. The number of hydrogen-bond donors (Lipinski definition) is 1. The van der Waals surface area contributed by atoms with Gasteiger partial charge in [0.15, 0.2) is 0 Å². The summed E-state index contributed by atoms with van der Waals surface area (Å²) >= 11 is 3.56. The van der Waals surface area contributed by atoms with Crippen LogP contribution in [0.5, 0.6) is 0 Å². The minimum Gasteiger partial charge on any atom is -0.348 e. The molecule has 3 atom stereocenters. The summed E-state index contributed by atoms with van der Waals surface area (Å²) in [4.78, 5) is 31.2. The average molecular weight is 597 g/mol. The standard InChI is InChI=1S/C36H40N2O2S2/c1-35(2)25-18-19-36(3,23-25)34(35)37-33(40)30-24-38(20-10-11-21-41-26-12-6-4-7-13-26)31-22-28(16-17-29(31)32(30)39)42-27-14-8-5-9-15-27/h4-9,12-17,22,24-25,34H,10-11,18-21,23H2,1-3H3,(H,37,40)/t25-,34+,36+/m0/s1. The summed E-state index contributed by atoms with van der Waals surface area (Å²) in [6.45, 7) is 7.63. The molecule has 0 spiro atoms. The van der Waals surface area contributed by atoms with Crippen LogP contribution in [0.1, 0.15) is 63.2 Å². The second-order valence-electron chi connectivity index (χ2n) is 12.8. The van der Waals surface area contributed by atoms with Crippen molar-refractivity contribution in [2.45, 2.75) is 80.1 Å². The number of amides is 1. The van der Waals surface area contributed by atoms with Gasteiger partial charge in [-0.05, 0) is 97.1 Å². The van der Waals surface area contributed by atoms with Crippen LogP contribution in [0, 0.1) is 16.7 Å². The number of unbranched alkanes of at least 4 members (excludes halogenated alkanes) is 1. The van der Waals surface area contributed by atoms with Crippen molar-refractivity contribution in [2.75, 3.05) is 5.75 Å². The smallest absolute Gasteiger partial charge is 0.257 e. The van der Waals surface area contributed by atoms with Gasteiger partial charge in [-0.1, -0.05) is 68.9 Å². The van der Waals surface area contributed by atoms with Gasteiger partial charge in [0.05, 0.1) is 5.52 Å². The van der Waals surface area contributed by atoms with Crippen molar-refractivity contribution in [2.24, 2.45) is 16.7 Å². The van der Waals surface area contributed by atoms with Gasteiger partial charge in [-0.25, -0.2) is 0 Å². The van der Waals surface area contributed by atoms with E-state index in [1.54, 1.807) is 11.8 Å². The van der Waals surface area contributed by atoms with E-state index in [1.807, 2.05) is 54.4 Å². The zero-order valence-electron chi connectivity index (χ0n) is 24.8. The molecule has 0 unspecified atom stereocenters. The Kier molecular flexibility index (Phi) is 8.30. The zero-order valence-corrected chi connectivity index (χ0v) is 26.4. The Bertz CT molecular complexity index is 1630. The number of fused-ring (bicyclic) bond motifs is 3. The van der Waals surface area contributed by atoms with Crippen LogP contribution in [-0.2, 0) is 6.54 Å². The van der Waals surface area contributed by atoms with E-state index in [9.17, 15) is 9.59 Å². The quantitative estimate of drug-likeness (QED) is 0.147. The van der Waals surface area contributed by atoms with Crippen LogP contribution in [0.25, 0.3) is 10.9 Å². The Hall–Kier alpha value is -2.96. The van der Waals surface area contributed by atoms with E-state index in [4.69, 9.17) is 0 Å². The molecule has 0 saturated heterocycles. The predicted octanol–water partition coefficient (Wildman–Crippen LogP) is 8.67. The molecule has 3 aromatic carbocycles. The van der Waals surface area contributed by atoms with Crippen LogP contribution in [0.2, 0.25) is 0 Å². The molecule has 1 amide bonds. The van der Waals surface area contributed by atoms with E-state index in [-0.39, 0.29) is 33.8 Å². The summed E-state index contributed by atoms with van der Waals surface area (Å²) in [5, 5.41) is 3.98. The second kappa shape index (κ2) is 12.0. The van der Waals surface area contributed by atoms with Crippen LogP contribution in [0.3, 0.4) is 0 Å². The molecule has 4 nitrogen and oxygen atoms in total. The minimum absolute atomic E-state index is 0.0263. The molecule has 1 N–H and O–H groups in total. The van der Waals surface area contributed by atoms with Crippen molar-refractivity contribution < 1.29 is 4.79 Å². The number of carbonyl (C=O) groups excluding carboxylic acids is 1. The molecule has 1 aromatic heterocycles. The summed E-state index contributed by atoms with van der Waals surface area (Å²) < 4.78 is 2.14. The Morgan fingerprint density at radius 3 is 2.33 bits per heavy atom. The van der Waals surface area contributed by atoms with E-state index in [0.29, 0.717) is 11.3 Å². The first-order chi connectivity index (χ1) is 20.2. The highest BCUT2D eigenvalue weighted by Crippen LogP contribution is 2.62. The molecular weight excluding hydrogens is 557 g/mol. The average Bonchev–Trinajstić information content (AvgIpc) is 3.48. The van der Waals surface area contributed by atoms with E-state index < -0.39 is 0 Å². The third-order valence-corrected chi connectivity index (χ3v) is 11.7. The van der Waals surface area contributed by atoms with Crippen molar-refractivity contribution in [3.63, 3.8) is 0 Å². The first kappa shape index (κ1) is 29.1. The molecular formula is C36H40N2O2S2. The van der Waals surface area contributed by atoms with Crippen LogP contribution in [-0.4, -0.2) is 22.3 Å². The number of thioether (sulfide) groups is 1. The summed E-state index contributed by atoms with van der Waals surface area (Å²) in [6.07, 6.45) is 7.34. The molecule has 42 heavy (non-hydrogen) atoms. The molecule has 2 saturated carbocycles. The number of hydrogen-bond acceptors (Lipinski definition) is 4. The maximum absolute atomic E-state index is 13.8. The molecule has 2 aliphatic rings. The van der Waals surface area contributed by atoms with Gasteiger partial charge in [0.1, 0.15) is 5.56 Å². The van der Waals surface area contributed by atoms with Gasteiger partial charge in [-0.3, -0.25) is 9.59 Å². The van der Waals surface area contributed by atoms with E-state index in [0.717, 1.165) is 53.3 Å². The van der Waals surface area contributed by atoms with Crippen molar-refractivity contribution >= 4 is 40.3 Å². The van der Waals surface area contributed by atoms with Crippen molar-refractivity contribution in [1.82, 2.24) is 9.88 Å². The van der Waals surface area contributed by atoms with Gasteiger partial charge in [0.25, 0.3) is 5.91 Å². The molecule has 0 radical (unpaired) electrons. The first-order valence-electron chi connectivity index (χ1n) is 15.1. The monoisotopic (exact) mass is 596 g/mol. The third kappa shape index (κ3) is 5.80. The summed E-state index contributed by atoms with van der Waals surface area (Å²) in [6, 6.07) is 26.9. The highest BCUT2D eigenvalue weighted by molar-refractivity contribution is 7.99. The van der Waals surface area contributed by atoms with Crippen LogP contribution in [0.4, 0.5) is 0 Å². The number of carbonyl (C=O) groups is 1. The summed E-state index contributed by atoms with van der Waals surface area (Å²) in [7, 11) is 0. The van der Waals surface area contributed by atoms with E-state index >= 15 is 0 Å². The van der Waals surface area contributed by atoms with Gasteiger partial charge in [-0.2, -0.15) is 0 Å². The molecule has 1 heterocycles. The molecule has 4 aromatic rings. The number of nitrogens with zero attached hydrogens (tertiary/aromatic N) is 1. The Balaban J connectivity index is 1.27. The van der Waals surface area contributed by atoms with Gasteiger partial charge >= 0.3 is 0 Å². The number of pyridine rings is 1. The minimum atomic E-state index is -0.232. The molecule has 6 heteroatoms. The van der Waals surface area contributed by atoms with Crippen LogP contribution < -0.4 is 10.7 Å². The molecule has 6 rings (SSSR count). The van der Waals surface area contributed by atoms with Crippen LogP contribution in [0.15, 0.2) is 105 Å². The Morgan fingerprint density at radius 2 is 1.64 bits per heavy atom. The maximum Gasteiger partial charge on any atom is 0.257 e. The van der Waals surface area contributed by atoms with E-state index in [2.05, 4.69) is 73.1 Å². The second-order valence-corrected chi connectivity index (χ2v) is 15.2. The molecule has 2 fully saturated rings. The maximum atomic E-state index is 13.8. The highest BCUT2D eigenvalue weighted by atomic mass is 32.2. The zero-order chi connectivity index (χ0) is 29.3. The SMILES string of the molecule is CC1(C)[C@H]2CC[C@](C)(C2)[C@@H]1NC(=O)c1cn(CCCCSc2ccccc2)c2cc(Sc3ccccc3)ccc2c1=O. The number of aromatic nitrogens is 1. The lowest BCUT2D eigenvalue weighted by molar-refractivity contribution is 0.0736. The molecule has 218 valence electrons. The molecule has 2 bridgehead atoms. The van der Waals surface area contributed by atoms with Gasteiger partial charge in [0.2, 0.25) is 5.43 Å². The lowest BCUT2D eigenvalue weighted by Gasteiger charge is -2.43. The highest BCUT2D eigenvalue weighted by Gasteiger charge is 2.59. The van der Waals surface area contributed by atoms with Crippen LogP contribution >= 0.6 is 23.5 Å². The van der Waals surface area contributed by atoms with E-state index in [1.165, 1.54) is 11.3 Å². The summed E-state index contributed by atoms with van der Waals surface area (Å²) in [5.41, 5.74) is 1.09. The lowest BCUT2D eigenvalue weighted by Crippen LogP contribution is -2.53. The van der Waals surface area contributed by atoms with Crippen molar-refractivity contribution in [3.05, 3.63) is 101 Å².